The number of methoxy groups -OCH3 is 1. The number of likely N-dealkylation sites (N-methyl/N-ethyl adjacent to an activating group) is 1. The zero-order chi connectivity index (χ0) is 27.4. The van der Waals surface area contributed by atoms with E-state index in [4.69, 9.17) is 23.7 Å². The summed E-state index contributed by atoms with van der Waals surface area (Å²) in [5.41, 5.74) is 1.08. The molecule has 12 heteroatoms. The molecule has 5 atom stereocenters. The third-order valence-corrected chi connectivity index (χ3v) is 7.31. The highest BCUT2D eigenvalue weighted by Gasteiger charge is 2.43. The largest absolute Gasteiger partial charge is 0.493 e. The summed E-state index contributed by atoms with van der Waals surface area (Å²) in [6, 6.07) is 6.84. The van der Waals surface area contributed by atoms with Crippen LogP contribution in [0.15, 0.2) is 35.3 Å². The Bertz CT molecular complexity index is 1640. The predicted octanol–water partition coefficient (Wildman–Crippen LogP) is 0.866. The molecule has 1 fully saturated rings. The maximum absolute atomic E-state index is 13.9. The molecule has 0 spiro atoms. The fourth-order valence-electron chi connectivity index (χ4n) is 5.19. The molecule has 2 aromatic heterocycles. The van der Waals surface area contributed by atoms with Crippen LogP contribution in [-0.4, -0.2) is 83.1 Å². The van der Waals surface area contributed by atoms with E-state index < -0.39 is 30.7 Å². The van der Waals surface area contributed by atoms with Crippen molar-refractivity contribution in [3.05, 3.63) is 40.8 Å². The number of aromatic nitrogens is 2. The predicted molar refractivity (Wildman–Crippen MR) is 141 cm³/mol. The SMILES string of the molecule is CNCCn1c(=O)c2cc(OC)c(O[C@@H]3O[C@@H](C)[C@@H](O)[C@@H](O)[C@@H]3O)cc2c2cnc3cc4c(cc3c21)OCO4. The molecule has 1 saturated heterocycles. The molecule has 0 aliphatic carbocycles. The van der Waals surface area contributed by atoms with Gasteiger partial charge in [0.2, 0.25) is 13.1 Å². The van der Waals surface area contributed by atoms with Gasteiger partial charge in [0.05, 0.1) is 29.6 Å². The van der Waals surface area contributed by atoms with E-state index in [2.05, 4.69) is 10.3 Å². The molecule has 2 aliphatic rings. The number of hydrogen-bond donors (Lipinski definition) is 4. The second-order valence-corrected chi connectivity index (χ2v) is 9.65. The van der Waals surface area contributed by atoms with Gasteiger partial charge in [0.25, 0.3) is 5.56 Å². The van der Waals surface area contributed by atoms with Crippen LogP contribution >= 0.6 is 0 Å². The number of rotatable bonds is 6. The van der Waals surface area contributed by atoms with E-state index >= 15 is 0 Å². The summed E-state index contributed by atoms with van der Waals surface area (Å²) in [5.74, 6) is 1.58. The molecule has 0 bridgehead atoms. The van der Waals surface area contributed by atoms with Gasteiger partial charge in [-0.25, -0.2) is 0 Å². The molecule has 0 unspecified atom stereocenters. The lowest BCUT2D eigenvalue weighted by Gasteiger charge is -2.39. The minimum absolute atomic E-state index is 0.110. The van der Waals surface area contributed by atoms with Gasteiger partial charge in [0.15, 0.2) is 23.0 Å². The van der Waals surface area contributed by atoms with E-state index in [-0.39, 0.29) is 23.9 Å². The molecule has 39 heavy (non-hydrogen) atoms. The molecular weight excluding hydrogens is 510 g/mol. The first-order valence-electron chi connectivity index (χ1n) is 12.6. The Morgan fingerprint density at radius 1 is 1.00 bits per heavy atom. The van der Waals surface area contributed by atoms with Gasteiger partial charge in [0.1, 0.15) is 18.3 Å². The number of nitrogens with one attached hydrogen (secondary N) is 1. The molecule has 12 nitrogen and oxygen atoms in total. The summed E-state index contributed by atoms with van der Waals surface area (Å²) < 4.78 is 29.9. The summed E-state index contributed by atoms with van der Waals surface area (Å²) in [5, 5.41) is 36.2. The molecule has 0 saturated carbocycles. The maximum Gasteiger partial charge on any atom is 0.259 e. The molecule has 0 amide bonds. The molecule has 2 aromatic carbocycles. The van der Waals surface area contributed by atoms with Gasteiger partial charge in [0, 0.05) is 41.5 Å². The standard InChI is InChI=1S/C27H29N3O9/c1-12-23(31)24(32)25(33)27(38-12)39-21-6-13-14(7-18(21)35-3)26(34)30(5-4-28-2)22-15-8-19-20(37-11-36-19)9-17(15)29-10-16(13)22/h6-10,12,23-25,27-28,31-33H,4-5,11H2,1-3H3/t12-,23+,24+,25-,27-/m0/s1. The van der Waals surface area contributed by atoms with Crippen LogP contribution in [0.4, 0.5) is 0 Å². The topological polar surface area (TPSA) is 154 Å². The van der Waals surface area contributed by atoms with Crippen LogP contribution in [0.5, 0.6) is 23.0 Å². The van der Waals surface area contributed by atoms with Gasteiger partial charge in [-0.05, 0) is 32.2 Å². The van der Waals surface area contributed by atoms with Crippen molar-refractivity contribution in [1.82, 2.24) is 14.9 Å². The fourth-order valence-corrected chi connectivity index (χ4v) is 5.19. The monoisotopic (exact) mass is 539 g/mol. The Balaban J connectivity index is 1.58. The van der Waals surface area contributed by atoms with Crippen molar-refractivity contribution in [2.75, 3.05) is 27.5 Å². The zero-order valence-electron chi connectivity index (χ0n) is 21.6. The summed E-state index contributed by atoms with van der Waals surface area (Å²) in [6.45, 7) is 2.63. The molecule has 6 rings (SSSR count). The lowest BCUT2D eigenvalue weighted by Crippen LogP contribution is -2.58. The Labute approximate surface area is 222 Å². The molecule has 4 aromatic rings. The van der Waals surface area contributed by atoms with Crippen LogP contribution in [0.3, 0.4) is 0 Å². The first kappa shape index (κ1) is 25.6. The van der Waals surface area contributed by atoms with Crippen LogP contribution in [0.25, 0.3) is 32.6 Å². The minimum atomic E-state index is -1.52. The number of pyridine rings is 2. The highest BCUT2D eigenvalue weighted by Crippen LogP contribution is 2.41. The van der Waals surface area contributed by atoms with Crippen molar-refractivity contribution in [1.29, 1.82) is 0 Å². The van der Waals surface area contributed by atoms with E-state index in [1.165, 1.54) is 7.11 Å². The maximum atomic E-state index is 13.9. The number of hydrogen-bond acceptors (Lipinski definition) is 11. The van der Waals surface area contributed by atoms with Gasteiger partial charge < -0.3 is 48.9 Å². The lowest BCUT2D eigenvalue weighted by molar-refractivity contribution is -0.268. The van der Waals surface area contributed by atoms with E-state index in [0.717, 1.165) is 5.39 Å². The van der Waals surface area contributed by atoms with Gasteiger partial charge in [-0.1, -0.05) is 0 Å². The molecule has 2 aliphatic heterocycles. The second-order valence-electron chi connectivity index (χ2n) is 9.65. The van der Waals surface area contributed by atoms with Gasteiger partial charge >= 0.3 is 0 Å². The Kier molecular flexibility index (Phi) is 6.44. The molecule has 206 valence electrons. The van der Waals surface area contributed by atoms with Gasteiger partial charge in [-0.2, -0.15) is 0 Å². The fraction of sp³-hybridized carbons (Fsp3) is 0.407. The average molecular weight is 540 g/mol. The van der Waals surface area contributed by atoms with Gasteiger partial charge in [-0.3, -0.25) is 9.78 Å². The highest BCUT2D eigenvalue weighted by molar-refractivity contribution is 6.15. The average Bonchev–Trinajstić information content (AvgIpc) is 3.40. The van der Waals surface area contributed by atoms with Crippen molar-refractivity contribution < 1.29 is 39.0 Å². The highest BCUT2D eigenvalue weighted by atomic mass is 16.7. The van der Waals surface area contributed by atoms with Crippen LogP contribution < -0.4 is 29.8 Å². The summed E-state index contributed by atoms with van der Waals surface area (Å²) in [6.07, 6.45) is -4.63. The van der Waals surface area contributed by atoms with Crippen molar-refractivity contribution in [2.45, 2.75) is 44.2 Å². The first-order chi connectivity index (χ1) is 18.8. The Morgan fingerprint density at radius 3 is 2.49 bits per heavy atom. The Hall–Kier alpha value is -3.68. The second kappa shape index (κ2) is 9.81. The number of nitrogens with zero attached hydrogens (tertiary/aromatic N) is 2. The minimum Gasteiger partial charge on any atom is -0.493 e. The zero-order valence-corrected chi connectivity index (χ0v) is 21.6. The lowest BCUT2D eigenvalue weighted by atomic mass is 10.00. The number of aliphatic hydroxyl groups excluding tert-OH is 3. The molecular formula is C27H29N3O9. The number of aliphatic hydroxyl groups is 3. The van der Waals surface area contributed by atoms with E-state index in [9.17, 15) is 20.1 Å². The van der Waals surface area contributed by atoms with E-state index in [1.807, 2.05) is 13.1 Å². The van der Waals surface area contributed by atoms with Crippen molar-refractivity contribution >= 4 is 32.6 Å². The number of ether oxygens (including phenoxy) is 5. The summed E-state index contributed by atoms with van der Waals surface area (Å²) in [7, 11) is 3.25. The van der Waals surface area contributed by atoms with E-state index in [1.54, 1.807) is 35.9 Å². The quantitative estimate of drug-likeness (QED) is 0.258. The van der Waals surface area contributed by atoms with Crippen LogP contribution in [0, 0.1) is 0 Å². The van der Waals surface area contributed by atoms with Crippen molar-refractivity contribution in [3.63, 3.8) is 0 Å². The third-order valence-electron chi connectivity index (χ3n) is 7.31. The van der Waals surface area contributed by atoms with Crippen LogP contribution in [-0.2, 0) is 11.3 Å². The number of fused-ring (bicyclic) bond motifs is 6. The first-order valence-corrected chi connectivity index (χ1v) is 12.6. The molecule has 4 heterocycles. The normalized spacial score (nSPS) is 24.5. The van der Waals surface area contributed by atoms with Crippen molar-refractivity contribution in [2.24, 2.45) is 0 Å². The smallest absolute Gasteiger partial charge is 0.259 e. The van der Waals surface area contributed by atoms with Crippen LogP contribution in [0.2, 0.25) is 0 Å². The Morgan fingerprint density at radius 2 is 1.74 bits per heavy atom. The summed E-state index contributed by atoms with van der Waals surface area (Å²) in [4.78, 5) is 18.6. The summed E-state index contributed by atoms with van der Waals surface area (Å²) >= 11 is 0. The van der Waals surface area contributed by atoms with Crippen molar-refractivity contribution in [3.8, 4) is 23.0 Å². The number of benzene rings is 2. The van der Waals surface area contributed by atoms with E-state index in [0.29, 0.717) is 51.8 Å². The molecule has 0 radical (unpaired) electrons. The third kappa shape index (κ3) is 4.12. The van der Waals surface area contributed by atoms with Gasteiger partial charge in [-0.15, -0.1) is 0 Å². The van der Waals surface area contributed by atoms with Crippen LogP contribution in [0.1, 0.15) is 6.92 Å². The molecule has 4 N–H and O–H groups in total.